The minimum absolute atomic E-state index is 0.286. The maximum atomic E-state index is 11.3. The molecule has 2 atom stereocenters. The maximum absolute atomic E-state index is 11.3. The Labute approximate surface area is 83.8 Å². The Balaban J connectivity index is 1.82. The number of Topliss-reactive ketones (excluding diaryl/α,β-unsaturated/α-hetero) is 1. The molecule has 14 heavy (non-hydrogen) atoms. The van der Waals surface area contributed by atoms with Gasteiger partial charge in [-0.25, -0.2) is 0 Å². The van der Waals surface area contributed by atoms with Gasteiger partial charge in [-0.2, -0.15) is 0 Å². The molecule has 2 aliphatic carbocycles. The molecule has 0 amide bonds. The molecule has 1 aliphatic heterocycles. The molecule has 0 aromatic carbocycles. The van der Waals surface area contributed by atoms with Gasteiger partial charge in [-0.1, -0.05) is 0 Å². The van der Waals surface area contributed by atoms with E-state index in [1.807, 2.05) is 0 Å². The standard InChI is InChI=1S/C11H16O3/c12-9-1-2-10-8(7-9)3-4-11(10)13-5-6-14-11/h8,10H,1-7H2/t8-,10-/m0/s1. The summed E-state index contributed by atoms with van der Waals surface area (Å²) in [6.45, 7) is 1.47. The quantitative estimate of drug-likeness (QED) is 0.589. The van der Waals surface area contributed by atoms with Gasteiger partial charge in [-0.3, -0.25) is 4.79 Å². The second kappa shape index (κ2) is 3.04. The number of fused-ring (bicyclic) bond motifs is 2. The lowest BCUT2D eigenvalue weighted by Gasteiger charge is -2.34. The molecular weight excluding hydrogens is 180 g/mol. The van der Waals surface area contributed by atoms with Crippen LogP contribution in [0.4, 0.5) is 0 Å². The van der Waals surface area contributed by atoms with Crippen LogP contribution in [0.15, 0.2) is 0 Å². The third-order valence-electron chi connectivity index (χ3n) is 4.00. The summed E-state index contributed by atoms with van der Waals surface area (Å²) in [5.74, 6) is 1.17. The third kappa shape index (κ3) is 1.15. The molecule has 3 aliphatic rings. The average molecular weight is 196 g/mol. The van der Waals surface area contributed by atoms with E-state index in [2.05, 4.69) is 0 Å². The normalized spacial score (nSPS) is 40.4. The fourth-order valence-electron chi connectivity index (χ4n) is 3.37. The molecule has 3 heteroatoms. The smallest absolute Gasteiger partial charge is 0.171 e. The summed E-state index contributed by atoms with van der Waals surface area (Å²) < 4.78 is 11.5. The van der Waals surface area contributed by atoms with E-state index in [0.717, 1.165) is 45.3 Å². The first-order valence-electron chi connectivity index (χ1n) is 5.60. The average Bonchev–Trinajstić information content (AvgIpc) is 2.77. The van der Waals surface area contributed by atoms with E-state index in [1.54, 1.807) is 0 Å². The van der Waals surface area contributed by atoms with Crippen LogP contribution in [0.2, 0.25) is 0 Å². The van der Waals surface area contributed by atoms with E-state index in [4.69, 9.17) is 9.47 Å². The highest BCUT2D eigenvalue weighted by Gasteiger charge is 2.53. The first-order valence-corrected chi connectivity index (χ1v) is 5.60. The van der Waals surface area contributed by atoms with Crippen molar-refractivity contribution in [3.05, 3.63) is 0 Å². The zero-order valence-electron chi connectivity index (χ0n) is 8.33. The molecule has 0 N–H and O–H groups in total. The van der Waals surface area contributed by atoms with Crippen LogP contribution in [-0.4, -0.2) is 24.8 Å². The summed E-state index contributed by atoms with van der Waals surface area (Å²) in [7, 11) is 0. The van der Waals surface area contributed by atoms with Crippen molar-refractivity contribution in [1.82, 2.24) is 0 Å². The number of hydrogen-bond donors (Lipinski definition) is 0. The molecule has 1 spiro atoms. The van der Waals surface area contributed by atoms with Crippen molar-refractivity contribution in [3.8, 4) is 0 Å². The number of ketones is 1. The summed E-state index contributed by atoms with van der Waals surface area (Å²) in [4.78, 5) is 11.3. The Bertz CT molecular complexity index is 255. The first-order chi connectivity index (χ1) is 6.80. The van der Waals surface area contributed by atoms with Gasteiger partial charge in [0.1, 0.15) is 5.78 Å². The Morgan fingerprint density at radius 2 is 2.00 bits per heavy atom. The van der Waals surface area contributed by atoms with Crippen molar-refractivity contribution in [2.24, 2.45) is 11.8 Å². The molecule has 3 rings (SSSR count). The van der Waals surface area contributed by atoms with Crippen molar-refractivity contribution in [2.75, 3.05) is 13.2 Å². The fraction of sp³-hybridized carbons (Fsp3) is 0.909. The van der Waals surface area contributed by atoms with Crippen molar-refractivity contribution >= 4 is 5.78 Å². The van der Waals surface area contributed by atoms with Crippen LogP contribution >= 0.6 is 0 Å². The predicted molar refractivity (Wildman–Crippen MR) is 49.7 cm³/mol. The van der Waals surface area contributed by atoms with E-state index >= 15 is 0 Å². The van der Waals surface area contributed by atoms with Gasteiger partial charge in [-0.05, 0) is 18.8 Å². The van der Waals surface area contributed by atoms with Gasteiger partial charge >= 0.3 is 0 Å². The van der Waals surface area contributed by atoms with Crippen molar-refractivity contribution in [1.29, 1.82) is 0 Å². The van der Waals surface area contributed by atoms with Crippen LogP contribution in [0.1, 0.15) is 32.1 Å². The van der Waals surface area contributed by atoms with Crippen LogP contribution in [0.25, 0.3) is 0 Å². The first kappa shape index (κ1) is 8.86. The predicted octanol–water partition coefficient (Wildman–Crippen LogP) is 1.51. The van der Waals surface area contributed by atoms with Crippen LogP contribution < -0.4 is 0 Å². The number of hydrogen-bond acceptors (Lipinski definition) is 3. The zero-order chi connectivity index (χ0) is 9.60. The molecule has 0 radical (unpaired) electrons. The summed E-state index contributed by atoms with van der Waals surface area (Å²) in [5.41, 5.74) is 0. The lowest BCUT2D eigenvalue weighted by atomic mass is 9.79. The summed E-state index contributed by atoms with van der Waals surface area (Å²) in [5, 5.41) is 0. The van der Waals surface area contributed by atoms with Gasteiger partial charge in [0.2, 0.25) is 0 Å². The van der Waals surface area contributed by atoms with E-state index < -0.39 is 0 Å². The molecular formula is C11H16O3. The third-order valence-corrected chi connectivity index (χ3v) is 4.00. The Hall–Kier alpha value is -0.410. The van der Waals surface area contributed by atoms with E-state index in [0.29, 0.717) is 17.6 Å². The largest absolute Gasteiger partial charge is 0.347 e. The molecule has 0 aromatic rings. The summed E-state index contributed by atoms with van der Waals surface area (Å²) in [6, 6.07) is 0. The van der Waals surface area contributed by atoms with E-state index in [9.17, 15) is 4.79 Å². The molecule has 3 nitrogen and oxygen atoms in total. The minimum atomic E-state index is -0.286. The monoisotopic (exact) mass is 196 g/mol. The van der Waals surface area contributed by atoms with E-state index in [-0.39, 0.29) is 5.79 Å². The molecule has 0 unspecified atom stereocenters. The Morgan fingerprint density at radius 3 is 2.79 bits per heavy atom. The van der Waals surface area contributed by atoms with Gasteiger partial charge in [0, 0.05) is 25.2 Å². The van der Waals surface area contributed by atoms with Crippen molar-refractivity contribution in [3.63, 3.8) is 0 Å². The van der Waals surface area contributed by atoms with Crippen molar-refractivity contribution in [2.45, 2.75) is 37.9 Å². The molecule has 1 saturated heterocycles. The summed E-state index contributed by atoms with van der Waals surface area (Å²) >= 11 is 0. The van der Waals surface area contributed by atoms with Gasteiger partial charge in [-0.15, -0.1) is 0 Å². The minimum Gasteiger partial charge on any atom is -0.347 e. The molecule has 0 aromatic heterocycles. The maximum Gasteiger partial charge on any atom is 0.171 e. The van der Waals surface area contributed by atoms with Gasteiger partial charge in [0.25, 0.3) is 0 Å². The molecule has 1 heterocycles. The summed E-state index contributed by atoms with van der Waals surface area (Å²) in [6.07, 6.45) is 4.57. The second-order valence-electron chi connectivity index (χ2n) is 4.70. The van der Waals surface area contributed by atoms with Crippen LogP contribution in [0.3, 0.4) is 0 Å². The van der Waals surface area contributed by atoms with Gasteiger partial charge in [0.15, 0.2) is 5.79 Å². The van der Waals surface area contributed by atoms with Crippen LogP contribution in [0.5, 0.6) is 0 Å². The molecule has 78 valence electrons. The number of ether oxygens (including phenoxy) is 2. The van der Waals surface area contributed by atoms with E-state index in [1.165, 1.54) is 0 Å². The highest BCUT2D eigenvalue weighted by molar-refractivity contribution is 5.79. The SMILES string of the molecule is O=C1CC[C@H]2[C@@H](CCC23OCCO3)C1. The van der Waals surface area contributed by atoms with Crippen molar-refractivity contribution < 1.29 is 14.3 Å². The van der Waals surface area contributed by atoms with Crippen LogP contribution in [0, 0.1) is 11.8 Å². The number of rotatable bonds is 0. The fourth-order valence-corrected chi connectivity index (χ4v) is 3.37. The molecule has 2 saturated carbocycles. The highest BCUT2D eigenvalue weighted by atomic mass is 16.7. The number of carbonyl (C=O) groups is 1. The second-order valence-corrected chi connectivity index (χ2v) is 4.70. The van der Waals surface area contributed by atoms with Crippen LogP contribution in [-0.2, 0) is 14.3 Å². The lowest BCUT2D eigenvalue weighted by molar-refractivity contribution is -0.190. The lowest BCUT2D eigenvalue weighted by Crippen LogP contribution is -2.39. The Kier molecular flexibility index (Phi) is 1.92. The Morgan fingerprint density at radius 1 is 1.21 bits per heavy atom. The highest BCUT2D eigenvalue weighted by Crippen LogP contribution is 2.51. The van der Waals surface area contributed by atoms with Gasteiger partial charge < -0.3 is 9.47 Å². The topological polar surface area (TPSA) is 35.5 Å². The number of carbonyl (C=O) groups excluding carboxylic acids is 1. The zero-order valence-corrected chi connectivity index (χ0v) is 8.33. The van der Waals surface area contributed by atoms with Gasteiger partial charge in [0.05, 0.1) is 13.2 Å². The molecule has 3 fully saturated rings. The molecule has 0 bridgehead atoms.